The van der Waals surface area contributed by atoms with Crippen LogP contribution in [0, 0.1) is 0 Å². The maximum absolute atomic E-state index is 10.5. The van der Waals surface area contributed by atoms with E-state index in [-0.39, 0.29) is 11.7 Å². The molecule has 112 valence electrons. The lowest BCUT2D eigenvalue weighted by Crippen LogP contribution is -2.32. The molecule has 20 heavy (non-hydrogen) atoms. The van der Waals surface area contributed by atoms with Crippen LogP contribution in [0.3, 0.4) is 0 Å². The molecule has 0 fully saturated rings. The molecule has 0 saturated heterocycles. The monoisotopic (exact) mass is 278 g/mol. The van der Waals surface area contributed by atoms with Gasteiger partial charge < -0.3 is 14.6 Å². The largest absolute Gasteiger partial charge is 0.386 e. The smallest absolute Gasteiger partial charge is 0.105 e. The number of aliphatic hydroxyl groups is 1. The minimum atomic E-state index is -0.520. The molecular weight excluding hydrogens is 252 g/mol. The third-order valence-electron chi connectivity index (χ3n) is 4.37. The number of ether oxygens (including phenoxy) is 2. The van der Waals surface area contributed by atoms with Gasteiger partial charge in [0.05, 0.1) is 11.7 Å². The number of hydrogen-bond acceptors (Lipinski definition) is 3. The van der Waals surface area contributed by atoms with Crippen molar-refractivity contribution in [3.63, 3.8) is 0 Å². The van der Waals surface area contributed by atoms with E-state index in [0.29, 0.717) is 12.5 Å². The summed E-state index contributed by atoms with van der Waals surface area (Å²) in [6.07, 6.45) is 1.05. The molecule has 3 heteroatoms. The highest BCUT2D eigenvalue weighted by Crippen LogP contribution is 2.38. The van der Waals surface area contributed by atoms with Crippen molar-refractivity contribution in [1.29, 1.82) is 0 Å². The molecule has 0 radical (unpaired) electrons. The average Bonchev–Trinajstić information content (AvgIpc) is 2.44. The third-order valence-corrected chi connectivity index (χ3v) is 4.37. The van der Waals surface area contributed by atoms with Crippen LogP contribution in [0.4, 0.5) is 0 Å². The van der Waals surface area contributed by atoms with Gasteiger partial charge in [0.2, 0.25) is 0 Å². The Bertz CT molecular complexity index is 442. The van der Waals surface area contributed by atoms with Gasteiger partial charge in [-0.25, -0.2) is 0 Å². The highest BCUT2D eigenvalue weighted by atomic mass is 16.5. The molecule has 1 aromatic carbocycles. The molecule has 0 aromatic heterocycles. The second-order valence-corrected chi connectivity index (χ2v) is 6.33. The van der Waals surface area contributed by atoms with Crippen LogP contribution in [-0.4, -0.2) is 30.5 Å². The van der Waals surface area contributed by atoms with Gasteiger partial charge in [-0.15, -0.1) is 0 Å². The Hall–Kier alpha value is -0.900. The van der Waals surface area contributed by atoms with E-state index in [4.69, 9.17) is 9.47 Å². The second-order valence-electron chi connectivity index (χ2n) is 6.33. The third kappa shape index (κ3) is 3.40. The molecule has 0 aliphatic heterocycles. The van der Waals surface area contributed by atoms with E-state index in [9.17, 15) is 5.11 Å². The molecule has 3 nitrogen and oxygen atoms in total. The van der Waals surface area contributed by atoms with Crippen LogP contribution in [0.15, 0.2) is 24.3 Å². The number of benzene rings is 1. The predicted molar refractivity (Wildman–Crippen MR) is 79.9 cm³/mol. The van der Waals surface area contributed by atoms with Crippen molar-refractivity contribution in [2.75, 3.05) is 13.7 Å². The number of hydrogen-bond donors (Lipinski definition) is 1. The molecule has 0 saturated carbocycles. The fraction of sp³-hybridized carbons (Fsp3) is 0.647. The van der Waals surface area contributed by atoms with Crippen LogP contribution >= 0.6 is 0 Å². The summed E-state index contributed by atoms with van der Waals surface area (Å²) in [6.45, 7) is 6.90. The van der Waals surface area contributed by atoms with Crippen LogP contribution in [0.2, 0.25) is 0 Å². The van der Waals surface area contributed by atoms with Crippen molar-refractivity contribution >= 4 is 0 Å². The standard InChI is InChI=1S/C17H26O3/c1-12-11-15(20-10-9-17(2,3)19-4)16(18)14-8-6-5-7-13(12)14/h5-8,12,15-16,18H,9-11H2,1-4H3. The molecule has 1 N–H and O–H groups in total. The van der Waals surface area contributed by atoms with Crippen LogP contribution in [0.5, 0.6) is 0 Å². The Morgan fingerprint density at radius 3 is 2.55 bits per heavy atom. The lowest BCUT2D eigenvalue weighted by molar-refractivity contribution is -0.0745. The van der Waals surface area contributed by atoms with Crippen molar-refractivity contribution in [2.45, 2.75) is 57.3 Å². The fourth-order valence-corrected chi connectivity index (χ4v) is 2.75. The normalized spacial score (nSPS) is 26.4. The van der Waals surface area contributed by atoms with Crippen molar-refractivity contribution in [3.8, 4) is 0 Å². The Morgan fingerprint density at radius 1 is 1.25 bits per heavy atom. The molecule has 0 amide bonds. The summed E-state index contributed by atoms with van der Waals surface area (Å²) in [4.78, 5) is 0. The van der Waals surface area contributed by atoms with Crippen LogP contribution in [0.25, 0.3) is 0 Å². The summed E-state index contributed by atoms with van der Waals surface area (Å²) >= 11 is 0. The Balaban J connectivity index is 1.98. The lowest BCUT2D eigenvalue weighted by atomic mass is 9.80. The fourth-order valence-electron chi connectivity index (χ4n) is 2.75. The van der Waals surface area contributed by atoms with Gasteiger partial charge in [-0.05, 0) is 43.7 Å². The lowest BCUT2D eigenvalue weighted by Gasteiger charge is -2.34. The van der Waals surface area contributed by atoms with E-state index in [0.717, 1.165) is 18.4 Å². The first-order valence-electron chi connectivity index (χ1n) is 7.38. The topological polar surface area (TPSA) is 38.7 Å². The highest BCUT2D eigenvalue weighted by Gasteiger charge is 2.32. The van der Waals surface area contributed by atoms with E-state index in [1.54, 1.807) is 7.11 Å². The van der Waals surface area contributed by atoms with Crippen LogP contribution in [-0.2, 0) is 9.47 Å². The summed E-state index contributed by atoms with van der Waals surface area (Å²) in [7, 11) is 1.72. The van der Waals surface area contributed by atoms with Gasteiger partial charge >= 0.3 is 0 Å². The first kappa shape index (κ1) is 15.5. The molecule has 0 heterocycles. The van der Waals surface area contributed by atoms with E-state index < -0.39 is 6.10 Å². The molecule has 1 aliphatic carbocycles. The van der Waals surface area contributed by atoms with Gasteiger partial charge in [0, 0.05) is 13.7 Å². The molecule has 3 atom stereocenters. The van der Waals surface area contributed by atoms with E-state index in [1.165, 1.54) is 5.56 Å². The van der Waals surface area contributed by atoms with Gasteiger partial charge in [-0.1, -0.05) is 31.2 Å². The first-order valence-corrected chi connectivity index (χ1v) is 7.38. The molecule has 0 bridgehead atoms. The number of rotatable bonds is 5. The quantitative estimate of drug-likeness (QED) is 0.897. The molecule has 1 aromatic rings. The number of fused-ring (bicyclic) bond motifs is 1. The van der Waals surface area contributed by atoms with Gasteiger partial charge in [-0.2, -0.15) is 0 Å². The minimum Gasteiger partial charge on any atom is -0.386 e. The van der Waals surface area contributed by atoms with Gasteiger partial charge in [0.25, 0.3) is 0 Å². The zero-order chi connectivity index (χ0) is 14.8. The summed E-state index contributed by atoms with van der Waals surface area (Å²) in [5.74, 6) is 0.426. The van der Waals surface area contributed by atoms with Crippen molar-refractivity contribution in [2.24, 2.45) is 0 Å². The van der Waals surface area contributed by atoms with Crippen LogP contribution < -0.4 is 0 Å². The van der Waals surface area contributed by atoms with E-state index >= 15 is 0 Å². The maximum atomic E-state index is 10.5. The summed E-state index contributed by atoms with van der Waals surface area (Å²) in [6, 6.07) is 8.12. The average molecular weight is 278 g/mol. The molecule has 1 aliphatic rings. The molecule has 2 rings (SSSR count). The zero-order valence-corrected chi connectivity index (χ0v) is 12.9. The highest BCUT2D eigenvalue weighted by molar-refractivity contribution is 5.35. The second kappa shape index (κ2) is 6.25. The molecule has 0 spiro atoms. The van der Waals surface area contributed by atoms with Crippen molar-refractivity contribution in [3.05, 3.63) is 35.4 Å². The number of aliphatic hydroxyl groups excluding tert-OH is 1. The summed E-state index contributed by atoms with van der Waals surface area (Å²) in [5.41, 5.74) is 2.09. The Morgan fingerprint density at radius 2 is 1.90 bits per heavy atom. The van der Waals surface area contributed by atoms with Crippen LogP contribution in [0.1, 0.15) is 56.8 Å². The summed E-state index contributed by atoms with van der Waals surface area (Å²) < 4.78 is 11.3. The first-order chi connectivity index (χ1) is 9.44. The minimum absolute atomic E-state index is 0.118. The van der Waals surface area contributed by atoms with E-state index in [1.807, 2.05) is 32.0 Å². The van der Waals surface area contributed by atoms with Gasteiger partial charge in [-0.3, -0.25) is 0 Å². The van der Waals surface area contributed by atoms with Crippen molar-refractivity contribution in [1.82, 2.24) is 0 Å². The Kier molecular flexibility index (Phi) is 4.84. The van der Waals surface area contributed by atoms with Crippen molar-refractivity contribution < 1.29 is 14.6 Å². The summed E-state index contributed by atoms with van der Waals surface area (Å²) in [5, 5.41) is 10.5. The molecular formula is C17H26O3. The number of methoxy groups -OCH3 is 1. The Labute approximate surface area is 121 Å². The molecule has 3 unspecified atom stereocenters. The SMILES string of the molecule is COC(C)(C)CCOC1CC(C)c2ccccc2C1O. The van der Waals surface area contributed by atoms with Gasteiger partial charge in [0.15, 0.2) is 0 Å². The zero-order valence-electron chi connectivity index (χ0n) is 12.9. The van der Waals surface area contributed by atoms with E-state index in [2.05, 4.69) is 13.0 Å². The van der Waals surface area contributed by atoms with Gasteiger partial charge in [0.1, 0.15) is 6.10 Å². The maximum Gasteiger partial charge on any atom is 0.105 e. The predicted octanol–water partition coefficient (Wildman–Crippen LogP) is 3.43.